The first kappa shape index (κ1) is 21.9. The fourth-order valence-electron chi connectivity index (χ4n) is 3.29. The van der Waals surface area contributed by atoms with E-state index in [9.17, 15) is 9.90 Å². The third-order valence-electron chi connectivity index (χ3n) is 4.77. The van der Waals surface area contributed by atoms with Crippen LogP contribution in [0, 0.1) is 0 Å². The van der Waals surface area contributed by atoms with Crippen LogP contribution in [0.25, 0.3) is 0 Å². The van der Waals surface area contributed by atoms with E-state index in [4.69, 9.17) is 18.9 Å². The van der Waals surface area contributed by atoms with Crippen LogP contribution in [-0.4, -0.2) is 49.1 Å². The molecule has 0 unspecified atom stereocenters. The van der Waals surface area contributed by atoms with Gasteiger partial charge in [-0.15, -0.1) is 0 Å². The number of aliphatic hydroxyl groups excluding tert-OH is 1. The molecule has 30 heavy (non-hydrogen) atoms. The Labute approximate surface area is 177 Å². The number of carbonyl (C=O) groups is 1. The van der Waals surface area contributed by atoms with Crippen molar-refractivity contribution in [2.45, 2.75) is 39.0 Å². The number of fused-ring (bicyclic) bond motifs is 1. The maximum absolute atomic E-state index is 11.6. The predicted molar refractivity (Wildman–Crippen MR) is 112 cm³/mol. The second-order valence-corrected chi connectivity index (χ2v) is 7.29. The van der Waals surface area contributed by atoms with Crippen LogP contribution < -0.4 is 14.2 Å². The molecule has 0 aromatic heterocycles. The lowest BCUT2D eigenvalue weighted by atomic mass is 10.1. The fraction of sp³-hybridized carbons (Fsp3) is 0.435. The molecule has 0 spiro atoms. The first-order chi connectivity index (χ1) is 14.6. The van der Waals surface area contributed by atoms with Gasteiger partial charge < -0.3 is 24.1 Å². The van der Waals surface area contributed by atoms with Crippen LogP contribution >= 0.6 is 0 Å². The van der Waals surface area contributed by atoms with Gasteiger partial charge in [-0.25, -0.2) is 0 Å². The van der Waals surface area contributed by atoms with Gasteiger partial charge in [0, 0.05) is 26.1 Å². The molecule has 2 aromatic carbocycles. The molecule has 3 rings (SSSR count). The lowest BCUT2D eigenvalue weighted by Gasteiger charge is -2.25. The van der Waals surface area contributed by atoms with Crippen LogP contribution in [0.5, 0.6) is 17.2 Å². The second kappa shape index (κ2) is 10.8. The van der Waals surface area contributed by atoms with Gasteiger partial charge in [-0.05, 0) is 41.8 Å². The smallest absolute Gasteiger partial charge is 0.305 e. The largest absolute Gasteiger partial charge is 0.497 e. The lowest BCUT2D eigenvalue weighted by molar-refractivity contribution is -0.147. The molecule has 7 nitrogen and oxygen atoms in total. The number of methoxy groups -OCH3 is 1. The summed E-state index contributed by atoms with van der Waals surface area (Å²) in [5, 5.41) is 10.4. The van der Waals surface area contributed by atoms with Crippen molar-refractivity contribution in [2.75, 3.05) is 27.1 Å². The van der Waals surface area contributed by atoms with Gasteiger partial charge in [-0.2, -0.15) is 0 Å². The summed E-state index contributed by atoms with van der Waals surface area (Å²) in [6.07, 6.45) is 0.306. The molecule has 0 bridgehead atoms. The van der Waals surface area contributed by atoms with E-state index < -0.39 is 6.10 Å². The third kappa shape index (κ3) is 6.37. The standard InChI is InChI=1S/C23H29NO6/c1-3-4-23(26)28-15-19(25)14-24(12-17-5-8-20(27-2)9-6-17)13-18-7-10-21-22(11-18)30-16-29-21/h5-11,19,25H,3-4,12-16H2,1-2H3/t19-/m1/s1. The van der Waals surface area contributed by atoms with Gasteiger partial charge in [0.15, 0.2) is 11.5 Å². The minimum Gasteiger partial charge on any atom is -0.497 e. The van der Waals surface area contributed by atoms with Crippen LogP contribution in [0.2, 0.25) is 0 Å². The number of aliphatic hydroxyl groups is 1. The van der Waals surface area contributed by atoms with Crippen molar-refractivity contribution in [1.29, 1.82) is 0 Å². The van der Waals surface area contributed by atoms with Crippen molar-refractivity contribution >= 4 is 5.97 Å². The van der Waals surface area contributed by atoms with Crippen LogP contribution in [0.1, 0.15) is 30.9 Å². The normalized spacial score (nSPS) is 13.3. The Morgan fingerprint density at radius 3 is 2.53 bits per heavy atom. The topological polar surface area (TPSA) is 77.5 Å². The van der Waals surface area contributed by atoms with E-state index >= 15 is 0 Å². The van der Waals surface area contributed by atoms with E-state index in [1.165, 1.54) is 0 Å². The highest BCUT2D eigenvalue weighted by molar-refractivity contribution is 5.69. The monoisotopic (exact) mass is 415 g/mol. The van der Waals surface area contributed by atoms with Crippen LogP contribution in [-0.2, 0) is 22.6 Å². The lowest BCUT2D eigenvalue weighted by Crippen LogP contribution is -2.34. The maximum Gasteiger partial charge on any atom is 0.305 e. The SMILES string of the molecule is CCCC(=O)OC[C@H](O)CN(Cc1ccc(OC)cc1)Cc1ccc2c(c1)OCO2. The number of hydrogen-bond acceptors (Lipinski definition) is 7. The van der Waals surface area contributed by atoms with Gasteiger partial charge in [-0.3, -0.25) is 9.69 Å². The number of carbonyl (C=O) groups excluding carboxylic acids is 1. The molecule has 7 heteroatoms. The molecule has 0 fully saturated rings. The Morgan fingerprint density at radius 2 is 1.80 bits per heavy atom. The molecule has 162 valence electrons. The van der Waals surface area contributed by atoms with Gasteiger partial charge >= 0.3 is 5.97 Å². The summed E-state index contributed by atoms with van der Waals surface area (Å²) in [5.74, 6) is 1.98. The van der Waals surface area contributed by atoms with Crippen molar-refractivity contribution < 1.29 is 28.8 Å². The van der Waals surface area contributed by atoms with Crippen molar-refractivity contribution in [3.05, 3.63) is 53.6 Å². The molecule has 0 saturated heterocycles. The van der Waals surface area contributed by atoms with E-state index in [0.29, 0.717) is 26.1 Å². The maximum atomic E-state index is 11.6. The molecular formula is C23H29NO6. The highest BCUT2D eigenvalue weighted by Crippen LogP contribution is 2.33. The second-order valence-electron chi connectivity index (χ2n) is 7.29. The van der Waals surface area contributed by atoms with Crippen molar-refractivity contribution in [2.24, 2.45) is 0 Å². The molecule has 2 aromatic rings. The summed E-state index contributed by atoms with van der Waals surface area (Å²) in [4.78, 5) is 13.7. The molecule has 0 aliphatic carbocycles. The van der Waals surface area contributed by atoms with E-state index in [0.717, 1.165) is 34.8 Å². The highest BCUT2D eigenvalue weighted by Gasteiger charge is 2.18. The average molecular weight is 415 g/mol. The Bertz CT molecular complexity index is 823. The van der Waals surface area contributed by atoms with E-state index in [-0.39, 0.29) is 19.4 Å². The van der Waals surface area contributed by atoms with E-state index in [1.54, 1.807) is 7.11 Å². The van der Waals surface area contributed by atoms with Gasteiger partial charge in [0.2, 0.25) is 6.79 Å². The molecule has 1 N–H and O–H groups in total. The number of nitrogens with zero attached hydrogens (tertiary/aromatic N) is 1. The Hall–Kier alpha value is -2.77. The molecule has 1 aliphatic heterocycles. The molecule has 0 amide bonds. The number of benzene rings is 2. The average Bonchev–Trinajstić information content (AvgIpc) is 3.21. The molecule has 1 aliphatic rings. The molecule has 1 heterocycles. The van der Waals surface area contributed by atoms with Gasteiger partial charge in [-0.1, -0.05) is 25.1 Å². The molecule has 0 radical (unpaired) electrons. The van der Waals surface area contributed by atoms with Crippen LogP contribution in [0.4, 0.5) is 0 Å². The number of ether oxygens (including phenoxy) is 4. The van der Waals surface area contributed by atoms with Crippen molar-refractivity contribution in [3.63, 3.8) is 0 Å². The first-order valence-corrected chi connectivity index (χ1v) is 10.1. The van der Waals surface area contributed by atoms with Gasteiger partial charge in [0.1, 0.15) is 18.5 Å². The minimum atomic E-state index is -0.780. The highest BCUT2D eigenvalue weighted by atomic mass is 16.7. The summed E-state index contributed by atoms with van der Waals surface area (Å²) in [5.41, 5.74) is 2.13. The zero-order valence-electron chi connectivity index (χ0n) is 17.5. The molecule has 1 atom stereocenters. The third-order valence-corrected chi connectivity index (χ3v) is 4.77. The number of rotatable bonds is 11. The molecule has 0 saturated carbocycles. The van der Waals surface area contributed by atoms with Crippen molar-refractivity contribution in [3.8, 4) is 17.2 Å². The Balaban J connectivity index is 1.66. The zero-order chi connectivity index (χ0) is 21.3. The van der Waals surface area contributed by atoms with E-state index in [1.807, 2.05) is 49.4 Å². The zero-order valence-corrected chi connectivity index (χ0v) is 17.5. The van der Waals surface area contributed by atoms with Gasteiger partial charge in [0.05, 0.1) is 7.11 Å². The Morgan fingerprint density at radius 1 is 1.10 bits per heavy atom. The number of hydrogen-bond donors (Lipinski definition) is 1. The fourth-order valence-corrected chi connectivity index (χ4v) is 3.29. The summed E-state index contributed by atoms with van der Waals surface area (Å²) >= 11 is 0. The summed E-state index contributed by atoms with van der Waals surface area (Å²) in [7, 11) is 1.64. The first-order valence-electron chi connectivity index (χ1n) is 10.1. The van der Waals surface area contributed by atoms with E-state index in [2.05, 4.69) is 4.90 Å². The predicted octanol–water partition coefficient (Wildman–Crippen LogP) is 3.13. The quantitative estimate of drug-likeness (QED) is 0.565. The van der Waals surface area contributed by atoms with Crippen molar-refractivity contribution in [1.82, 2.24) is 4.90 Å². The van der Waals surface area contributed by atoms with Gasteiger partial charge in [0.25, 0.3) is 0 Å². The Kier molecular flexibility index (Phi) is 7.93. The minimum absolute atomic E-state index is 0.0148. The summed E-state index contributed by atoms with van der Waals surface area (Å²) in [6.45, 7) is 3.72. The van der Waals surface area contributed by atoms with Crippen LogP contribution in [0.3, 0.4) is 0 Å². The summed E-state index contributed by atoms with van der Waals surface area (Å²) in [6, 6.07) is 13.7. The molecular weight excluding hydrogens is 386 g/mol. The number of esters is 1. The summed E-state index contributed by atoms with van der Waals surface area (Å²) < 4.78 is 21.2. The van der Waals surface area contributed by atoms with Crippen LogP contribution in [0.15, 0.2) is 42.5 Å².